The Bertz CT molecular complexity index is 1250. The van der Waals surface area contributed by atoms with Crippen LogP contribution in [-0.4, -0.2) is 57.9 Å². The molecule has 0 radical (unpaired) electrons. The Morgan fingerprint density at radius 1 is 0.970 bits per heavy atom. The van der Waals surface area contributed by atoms with Crippen molar-refractivity contribution in [2.75, 3.05) is 38.2 Å². The third-order valence-corrected chi connectivity index (χ3v) is 6.41. The number of halogens is 1. The van der Waals surface area contributed by atoms with E-state index in [9.17, 15) is 0 Å². The van der Waals surface area contributed by atoms with E-state index in [0.29, 0.717) is 6.54 Å². The van der Waals surface area contributed by atoms with Crippen LogP contribution in [0.5, 0.6) is 5.75 Å². The molecule has 1 fully saturated rings. The van der Waals surface area contributed by atoms with E-state index in [4.69, 9.17) is 16.3 Å². The van der Waals surface area contributed by atoms with Gasteiger partial charge in [0, 0.05) is 43.3 Å². The number of benzene rings is 2. The van der Waals surface area contributed by atoms with Crippen molar-refractivity contribution in [3.05, 3.63) is 76.7 Å². The van der Waals surface area contributed by atoms with Crippen molar-refractivity contribution in [2.45, 2.75) is 20.0 Å². The number of rotatable bonds is 6. The number of aryl methyl sites for hydroxylation is 1. The molecule has 170 valence electrons. The Morgan fingerprint density at radius 2 is 1.76 bits per heavy atom. The van der Waals surface area contributed by atoms with E-state index in [0.717, 1.165) is 65.9 Å². The van der Waals surface area contributed by atoms with Gasteiger partial charge in [0.2, 0.25) is 0 Å². The van der Waals surface area contributed by atoms with Gasteiger partial charge in [-0.25, -0.2) is 14.6 Å². The van der Waals surface area contributed by atoms with E-state index >= 15 is 0 Å². The zero-order valence-electron chi connectivity index (χ0n) is 18.9. The molecule has 2 aromatic heterocycles. The minimum atomic E-state index is 0.690. The maximum absolute atomic E-state index is 6.21. The molecule has 0 unspecified atom stereocenters. The minimum absolute atomic E-state index is 0.690. The van der Waals surface area contributed by atoms with E-state index in [1.54, 1.807) is 13.4 Å². The normalized spacial score (nSPS) is 14.7. The topological polar surface area (TPSA) is 59.3 Å². The molecule has 1 aliphatic heterocycles. The standard InChI is InChI=1S/C25H27ClN6O/c1-18-3-5-19(6-4-18)15-32-25-22(14-29-32)24(27-17-28-25)31-11-9-30(10-12-31)16-20-13-21(26)7-8-23(20)33-2/h3-8,13-14,17H,9-12,15-16H2,1-2H3. The molecule has 3 heterocycles. The Hall–Kier alpha value is -3.16. The predicted molar refractivity (Wildman–Crippen MR) is 131 cm³/mol. The number of fused-ring (bicyclic) bond motifs is 1. The number of piperazine rings is 1. The highest BCUT2D eigenvalue weighted by molar-refractivity contribution is 6.30. The second kappa shape index (κ2) is 9.37. The van der Waals surface area contributed by atoms with Gasteiger partial charge in [0.1, 0.15) is 17.9 Å². The number of methoxy groups -OCH3 is 1. The van der Waals surface area contributed by atoms with Crippen LogP contribution in [0, 0.1) is 6.92 Å². The summed E-state index contributed by atoms with van der Waals surface area (Å²) in [5.41, 5.74) is 4.43. The summed E-state index contributed by atoms with van der Waals surface area (Å²) in [4.78, 5) is 13.9. The first-order valence-electron chi connectivity index (χ1n) is 11.1. The SMILES string of the molecule is COc1ccc(Cl)cc1CN1CCN(c2ncnc3c2cnn3Cc2ccc(C)cc2)CC1. The molecule has 4 aromatic rings. The average Bonchev–Trinajstić information content (AvgIpc) is 3.24. The summed E-state index contributed by atoms with van der Waals surface area (Å²) in [5, 5.41) is 6.34. The first kappa shape index (κ1) is 21.7. The van der Waals surface area contributed by atoms with Crippen LogP contribution in [0.2, 0.25) is 5.02 Å². The number of aromatic nitrogens is 4. The van der Waals surface area contributed by atoms with E-state index < -0.39 is 0 Å². The van der Waals surface area contributed by atoms with E-state index in [2.05, 4.69) is 56.1 Å². The Balaban J connectivity index is 1.29. The van der Waals surface area contributed by atoms with Crippen LogP contribution in [0.1, 0.15) is 16.7 Å². The molecule has 7 nitrogen and oxygen atoms in total. The van der Waals surface area contributed by atoms with Crippen molar-refractivity contribution in [1.82, 2.24) is 24.6 Å². The highest BCUT2D eigenvalue weighted by Crippen LogP contribution is 2.27. The smallest absolute Gasteiger partial charge is 0.163 e. The molecule has 0 bridgehead atoms. The zero-order valence-corrected chi connectivity index (χ0v) is 19.7. The van der Waals surface area contributed by atoms with Crippen LogP contribution in [0.4, 0.5) is 5.82 Å². The van der Waals surface area contributed by atoms with E-state index in [-0.39, 0.29) is 0 Å². The first-order chi connectivity index (χ1) is 16.1. The molecule has 0 saturated carbocycles. The third kappa shape index (κ3) is 4.65. The molecule has 1 aliphatic rings. The van der Waals surface area contributed by atoms with Gasteiger partial charge < -0.3 is 9.64 Å². The van der Waals surface area contributed by atoms with E-state index in [1.807, 2.05) is 29.1 Å². The van der Waals surface area contributed by atoms with Crippen molar-refractivity contribution < 1.29 is 4.74 Å². The number of anilines is 1. The second-order valence-electron chi connectivity index (χ2n) is 8.44. The van der Waals surface area contributed by atoms with Crippen molar-refractivity contribution in [1.29, 1.82) is 0 Å². The van der Waals surface area contributed by atoms with Crippen molar-refractivity contribution in [2.24, 2.45) is 0 Å². The van der Waals surface area contributed by atoms with Gasteiger partial charge in [0.25, 0.3) is 0 Å². The zero-order chi connectivity index (χ0) is 22.8. The van der Waals surface area contributed by atoms with Crippen molar-refractivity contribution in [3.8, 4) is 5.75 Å². The molecule has 0 aliphatic carbocycles. The maximum Gasteiger partial charge on any atom is 0.163 e. The maximum atomic E-state index is 6.21. The van der Waals surface area contributed by atoms with Gasteiger partial charge in [-0.15, -0.1) is 0 Å². The number of nitrogens with zero attached hydrogens (tertiary/aromatic N) is 6. The second-order valence-corrected chi connectivity index (χ2v) is 8.88. The fourth-order valence-corrected chi connectivity index (χ4v) is 4.54. The number of ether oxygens (including phenoxy) is 1. The highest BCUT2D eigenvalue weighted by Gasteiger charge is 2.22. The summed E-state index contributed by atoms with van der Waals surface area (Å²) in [5.74, 6) is 1.83. The Kier molecular flexibility index (Phi) is 6.15. The van der Waals surface area contributed by atoms with E-state index in [1.165, 1.54) is 11.1 Å². The summed E-state index contributed by atoms with van der Waals surface area (Å²) in [7, 11) is 1.70. The summed E-state index contributed by atoms with van der Waals surface area (Å²) >= 11 is 6.21. The van der Waals surface area contributed by atoms with Crippen LogP contribution in [0.3, 0.4) is 0 Å². The summed E-state index contributed by atoms with van der Waals surface area (Å²) in [6, 6.07) is 14.3. The Labute approximate surface area is 198 Å². The molecular formula is C25H27ClN6O. The molecule has 2 aromatic carbocycles. The fourth-order valence-electron chi connectivity index (χ4n) is 4.34. The van der Waals surface area contributed by atoms with Gasteiger partial charge in [-0.2, -0.15) is 5.10 Å². The molecule has 8 heteroatoms. The summed E-state index contributed by atoms with van der Waals surface area (Å²) in [6.07, 6.45) is 3.54. The average molecular weight is 463 g/mol. The predicted octanol–water partition coefficient (Wildman–Crippen LogP) is 4.17. The van der Waals surface area contributed by atoms with Crippen LogP contribution < -0.4 is 9.64 Å². The number of hydrogen-bond donors (Lipinski definition) is 0. The highest BCUT2D eigenvalue weighted by atomic mass is 35.5. The van der Waals surface area contributed by atoms with Gasteiger partial charge in [-0.05, 0) is 30.7 Å². The molecule has 33 heavy (non-hydrogen) atoms. The third-order valence-electron chi connectivity index (χ3n) is 6.17. The summed E-state index contributed by atoms with van der Waals surface area (Å²) in [6.45, 7) is 7.23. The summed E-state index contributed by atoms with van der Waals surface area (Å²) < 4.78 is 7.46. The van der Waals surface area contributed by atoms with Gasteiger partial charge in [0.15, 0.2) is 5.65 Å². The molecule has 0 spiro atoms. The van der Waals surface area contributed by atoms with Gasteiger partial charge in [-0.1, -0.05) is 41.4 Å². The lowest BCUT2D eigenvalue weighted by atomic mass is 10.1. The van der Waals surface area contributed by atoms with Crippen LogP contribution >= 0.6 is 11.6 Å². The lowest BCUT2D eigenvalue weighted by Gasteiger charge is -2.35. The van der Waals surface area contributed by atoms with Gasteiger partial charge in [0.05, 0.1) is 25.2 Å². The molecule has 0 N–H and O–H groups in total. The van der Waals surface area contributed by atoms with Crippen LogP contribution in [0.15, 0.2) is 55.0 Å². The molecule has 5 rings (SSSR count). The largest absolute Gasteiger partial charge is 0.496 e. The molecular weight excluding hydrogens is 436 g/mol. The quantitative estimate of drug-likeness (QED) is 0.428. The van der Waals surface area contributed by atoms with Gasteiger partial charge in [-0.3, -0.25) is 4.90 Å². The number of hydrogen-bond acceptors (Lipinski definition) is 6. The lowest BCUT2D eigenvalue weighted by Crippen LogP contribution is -2.46. The lowest BCUT2D eigenvalue weighted by molar-refractivity contribution is 0.246. The first-order valence-corrected chi connectivity index (χ1v) is 11.5. The van der Waals surface area contributed by atoms with Crippen molar-refractivity contribution >= 4 is 28.5 Å². The Morgan fingerprint density at radius 3 is 2.52 bits per heavy atom. The van der Waals surface area contributed by atoms with Gasteiger partial charge >= 0.3 is 0 Å². The van der Waals surface area contributed by atoms with Crippen LogP contribution in [0.25, 0.3) is 11.0 Å². The molecule has 0 amide bonds. The molecule has 1 saturated heterocycles. The minimum Gasteiger partial charge on any atom is -0.496 e. The molecule has 0 atom stereocenters. The fraction of sp³-hybridized carbons (Fsp3) is 0.320. The van der Waals surface area contributed by atoms with Crippen LogP contribution in [-0.2, 0) is 13.1 Å². The monoisotopic (exact) mass is 462 g/mol. The van der Waals surface area contributed by atoms with Crippen molar-refractivity contribution in [3.63, 3.8) is 0 Å².